The lowest BCUT2D eigenvalue weighted by Crippen LogP contribution is -2.39. The van der Waals surface area contributed by atoms with Gasteiger partial charge < -0.3 is 9.47 Å². The molecule has 0 heterocycles. The van der Waals surface area contributed by atoms with E-state index in [4.69, 9.17) is 9.47 Å². The molecule has 4 nitrogen and oxygen atoms in total. The van der Waals surface area contributed by atoms with Crippen LogP contribution in [0.4, 0.5) is 0 Å². The lowest BCUT2D eigenvalue weighted by molar-refractivity contribution is -0.0348. The molecule has 2 aliphatic carbocycles. The van der Waals surface area contributed by atoms with Gasteiger partial charge in [-0.05, 0) is 64.8 Å². The molecule has 0 N–H and O–H groups in total. The van der Waals surface area contributed by atoms with E-state index in [-0.39, 0.29) is 23.8 Å². The summed E-state index contributed by atoms with van der Waals surface area (Å²) < 4.78 is 12.1. The summed E-state index contributed by atoms with van der Waals surface area (Å²) in [5.41, 5.74) is 5.76. The lowest BCUT2D eigenvalue weighted by Gasteiger charge is -2.32. The monoisotopic (exact) mass is 468 g/mol. The average molecular weight is 469 g/mol. The van der Waals surface area contributed by atoms with Crippen LogP contribution in [0.3, 0.4) is 0 Å². The van der Waals surface area contributed by atoms with Crippen molar-refractivity contribution in [3.63, 3.8) is 0 Å². The van der Waals surface area contributed by atoms with Crippen LogP contribution < -0.4 is 0 Å². The van der Waals surface area contributed by atoms with Gasteiger partial charge >= 0.3 is 11.9 Å². The highest BCUT2D eigenvalue weighted by Crippen LogP contribution is 2.55. The molecule has 4 unspecified atom stereocenters. The maximum atomic E-state index is 13.1. The molecule has 4 atom stereocenters. The van der Waals surface area contributed by atoms with Crippen LogP contribution in [0.15, 0.2) is 72.8 Å². The minimum Gasteiger partial charge on any atom is -0.454 e. The first kappa shape index (κ1) is 23.3. The van der Waals surface area contributed by atoms with Crippen LogP contribution in [0, 0.1) is 0 Å². The van der Waals surface area contributed by atoms with E-state index in [9.17, 15) is 9.59 Å². The second-order valence-electron chi connectivity index (χ2n) is 10.4. The zero-order valence-corrected chi connectivity index (χ0v) is 20.7. The lowest BCUT2D eigenvalue weighted by atomic mass is 9.87. The van der Waals surface area contributed by atoms with Gasteiger partial charge in [0.15, 0.2) is 0 Å². The second kappa shape index (κ2) is 9.33. The third-order valence-corrected chi connectivity index (χ3v) is 7.53. The van der Waals surface area contributed by atoms with E-state index in [0.29, 0.717) is 23.0 Å². The van der Waals surface area contributed by atoms with E-state index >= 15 is 0 Å². The SMILES string of the molecule is CC(C)c1ccc(C(=O)OC2C3CC(c4ccccc43)C2OC(=O)c2ccc(C(C)C)cc2)cc1. The van der Waals surface area contributed by atoms with Gasteiger partial charge in [0.05, 0.1) is 11.1 Å². The predicted octanol–water partition coefficient (Wildman–Crippen LogP) is 6.97. The summed E-state index contributed by atoms with van der Waals surface area (Å²) in [6.45, 7) is 8.48. The Morgan fingerprint density at radius 2 is 1.00 bits per heavy atom. The molecule has 0 saturated heterocycles. The number of ether oxygens (including phenoxy) is 2. The van der Waals surface area contributed by atoms with E-state index in [2.05, 4.69) is 39.8 Å². The minimum atomic E-state index is -0.508. The summed E-state index contributed by atoms with van der Waals surface area (Å²) in [5, 5.41) is 0. The van der Waals surface area contributed by atoms with Crippen molar-refractivity contribution in [1.29, 1.82) is 0 Å². The van der Waals surface area contributed by atoms with Crippen molar-refractivity contribution < 1.29 is 19.1 Å². The molecule has 2 aliphatic rings. The van der Waals surface area contributed by atoms with Gasteiger partial charge in [-0.15, -0.1) is 0 Å². The molecule has 5 rings (SSSR count). The molecule has 0 spiro atoms. The predicted molar refractivity (Wildman–Crippen MR) is 136 cm³/mol. The van der Waals surface area contributed by atoms with Gasteiger partial charge in [0.2, 0.25) is 0 Å². The van der Waals surface area contributed by atoms with Gasteiger partial charge in [-0.3, -0.25) is 0 Å². The van der Waals surface area contributed by atoms with Crippen molar-refractivity contribution in [2.75, 3.05) is 0 Å². The maximum absolute atomic E-state index is 13.1. The van der Waals surface area contributed by atoms with E-state index in [1.807, 2.05) is 60.7 Å². The van der Waals surface area contributed by atoms with E-state index in [1.165, 1.54) is 22.3 Å². The summed E-state index contributed by atoms with van der Waals surface area (Å²) in [6.07, 6.45) is -0.203. The van der Waals surface area contributed by atoms with Gasteiger partial charge in [-0.1, -0.05) is 76.2 Å². The quantitative estimate of drug-likeness (QED) is 0.367. The first-order valence-electron chi connectivity index (χ1n) is 12.5. The van der Waals surface area contributed by atoms with Crippen LogP contribution in [-0.2, 0) is 9.47 Å². The van der Waals surface area contributed by atoms with Gasteiger partial charge in [-0.2, -0.15) is 0 Å². The van der Waals surface area contributed by atoms with Crippen molar-refractivity contribution in [2.45, 2.75) is 70.0 Å². The summed E-state index contributed by atoms with van der Waals surface area (Å²) in [5.74, 6) is 0.0730. The van der Waals surface area contributed by atoms with E-state index in [0.717, 1.165) is 6.42 Å². The highest BCUT2D eigenvalue weighted by molar-refractivity contribution is 5.90. The molecular formula is C31H32O4. The topological polar surface area (TPSA) is 52.6 Å². The molecule has 2 bridgehead atoms. The Labute approximate surface area is 207 Å². The van der Waals surface area contributed by atoms with Gasteiger partial charge in [0.1, 0.15) is 12.2 Å². The highest BCUT2D eigenvalue weighted by Gasteiger charge is 2.55. The second-order valence-corrected chi connectivity index (χ2v) is 10.4. The fourth-order valence-corrected chi connectivity index (χ4v) is 5.48. The Balaban J connectivity index is 1.39. The van der Waals surface area contributed by atoms with Crippen molar-refractivity contribution in [1.82, 2.24) is 0 Å². The number of fused-ring (bicyclic) bond motifs is 5. The van der Waals surface area contributed by atoms with E-state index < -0.39 is 12.2 Å². The van der Waals surface area contributed by atoms with E-state index in [1.54, 1.807) is 0 Å². The average Bonchev–Trinajstić information content (AvgIpc) is 3.41. The Morgan fingerprint density at radius 1 is 0.629 bits per heavy atom. The van der Waals surface area contributed by atoms with Gasteiger partial charge in [0, 0.05) is 11.8 Å². The van der Waals surface area contributed by atoms with Crippen LogP contribution in [0.1, 0.15) is 101 Å². The smallest absolute Gasteiger partial charge is 0.338 e. The molecule has 180 valence electrons. The maximum Gasteiger partial charge on any atom is 0.338 e. The molecule has 3 aromatic carbocycles. The zero-order valence-electron chi connectivity index (χ0n) is 20.7. The summed E-state index contributed by atoms with van der Waals surface area (Å²) >= 11 is 0. The summed E-state index contributed by atoms with van der Waals surface area (Å²) in [6, 6.07) is 23.4. The molecule has 4 heteroatoms. The molecule has 35 heavy (non-hydrogen) atoms. The zero-order chi connectivity index (χ0) is 24.7. The van der Waals surface area contributed by atoms with Crippen LogP contribution in [0.25, 0.3) is 0 Å². The molecule has 0 amide bonds. The molecule has 1 saturated carbocycles. The van der Waals surface area contributed by atoms with Crippen LogP contribution in [-0.4, -0.2) is 24.1 Å². The van der Waals surface area contributed by atoms with Crippen molar-refractivity contribution in [3.05, 3.63) is 106 Å². The molecule has 0 aliphatic heterocycles. The van der Waals surface area contributed by atoms with Crippen LogP contribution in [0.5, 0.6) is 0 Å². The molecule has 0 radical (unpaired) electrons. The van der Waals surface area contributed by atoms with Crippen LogP contribution >= 0.6 is 0 Å². The number of hydrogen-bond acceptors (Lipinski definition) is 4. The largest absolute Gasteiger partial charge is 0.454 e. The Morgan fingerprint density at radius 3 is 1.34 bits per heavy atom. The standard InChI is InChI=1S/C31H32O4/c1-18(2)20-9-13-22(14-10-20)30(32)34-28-26-17-27(25-8-6-5-7-24(25)26)29(28)35-31(33)23-15-11-21(12-16-23)19(3)4/h5-16,18-19,26-29H,17H2,1-4H3. The third kappa shape index (κ3) is 4.38. The summed E-state index contributed by atoms with van der Waals surface area (Å²) in [7, 11) is 0. The number of hydrogen-bond donors (Lipinski definition) is 0. The fourth-order valence-electron chi connectivity index (χ4n) is 5.48. The fraction of sp³-hybridized carbons (Fsp3) is 0.355. The third-order valence-electron chi connectivity index (χ3n) is 7.53. The van der Waals surface area contributed by atoms with Gasteiger partial charge in [-0.25, -0.2) is 9.59 Å². The Hall–Kier alpha value is -3.40. The van der Waals surface area contributed by atoms with Crippen molar-refractivity contribution in [2.24, 2.45) is 0 Å². The normalized spacial score (nSPS) is 22.3. The Bertz CT molecular complexity index is 1130. The molecular weight excluding hydrogens is 436 g/mol. The number of carbonyl (C=O) groups excluding carboxylic acids is 2. The van der Waals surface area contributed by atoms with Crippen molar-refractivity contribution in [3.8, 4) is 0 Å². The Kier molecular flexibility index (Phi) is 6.22. The number of esters is 2. The number of rotatable bonds is 6. The van der Waals surface area contributed by atoms with Gasteiger partial charge in [0.25, 0.3) is 0 Å². The van der Waals surface area contributed by atoms with Crippen molar-refractivity contribution >= 4 is 11.9 Å². The van der Waals surface area contributed by atoms with Crippen LogP contribution in [0.2, 0.25) is 0 Å². The summed E-state index contributed by atoms with van der Waals surface area (Å²) in [4.78, 5) is 26.2. The first-order chi connectivity index (χ1) is 16.8. The molecule has 3 aromatic rings. The first-order valence-corrected chi connectivity index (χ1v) is 12.5. The number of benzene rings is 3. The molecule has 0 aromatic heterocycles. The molecule has 1 fully saturated rings. The minimum absolute atomic E-state index is 0.0243. The number of carbonyl (C=O) groups is 2. The highest BCUT2D eigenvalue weighted by atomic mass is 16.6.